The molecule has 130 valence electrons. The molecule has 2 aromatic carbocycles. The lowest BCUT2D eigenvalue weighted by Gasteiger charge is -2.08. The first kappa shape index (κ1) is 18.1. The lowest BCUT2D eigenvalue weighted by molar-refractivity contribution is -0.384. The van der Waals surface area contributed by atoms with Crippen molar-refractivity contribution >= 4 is 23.2 Å². The van der Waals surface area contributed by atoms with E-state index < -0.39 is 10.8 Å². The van der Waals surface area contributed by atoms with Crippen molar-refractivity contribution in [3.8, 4) is 0 Å². The van der Waals surface area contributed by atoms with Crippen LogP contribution in [-0.4, -0.2) is 28.4 Å². The maximum atomic E-state index is 11.9. The number of carbonyl (C=O) groups excluding carboxylic acids is 2. The molecule has 2 rings (SSSR count). The highest BCUT2D eigenvalue weighted by molar-refractivity contribution is 5.95. The van der Waals surface area contributed by atoms with E-state index in [1.54, 1.807) is 24.3 Å². The van der Waals surface area contributed by atoms with Gasteiger partial charge in [-0.25, -0.2) is 0 Å². The third kappa shape index (κ3) is 5.40. The van der Waals surface area contributed by atoms with Gasteiger partial charge in [-0.2, -0.15) is 0 Å². The highest BCUT2D eigenvalue weighted by atomic mass is 16.6. The van der Waals surface area contributed by atoms with Gasteiger partial charge in [0.2, 0.25) is 5.91 Å². The summed E-state index contributed by atoms with van der Waals surface area (Å²) in [5.41, 5.74) is 1.44. The number of hydrogen-bond acceptors (Lipinski definition) is 5. The highest BCUT2D eigenvalue weighted by Gasteiger charge is 2.10. The molecule has 0 heterocycles. The number of non-ortho nitro benzene ring substituents is 1. The van der Waals surface area contributed by atoms with Crippen LogP contribution in [0.25, 0.3) is 0 Å². The standard InChI is InChI=1S/C17H17N3O5/c21-11-12-2-1-3-14(10-12)19-16(22)8-9-18-17(23)13-4-6-15(7-5-13)20(24)25/h1-7,10,21H,8-9,11H2,(H,18,23)(H,19,22). The Kier molecular flexibility index (Phi) is 6.19. The van der Waals surface area contributed by atoms with Crippen molar-refractivity contribution in [3.05, 3.63) is 69.8 Å². The molecule has 2 aromatic rings. The minimum atomic E-state index is -0.544. The number of benzene rings is 2. The summed E-state index contributed by atoms with van der Waals surface area (Å²) in [4.78, 5) is 33.8. The number of rotatable bonds is 7. The van der Waals surface area contributed by atoms with E-state index in [-0.39, 0.29) is 36.7 Å². The first-order chi connectivity index (χ1) is 12.0. The molecular weight excluding hydrogens is 326 g/mol. The minimum absolute atomic E-state index is 0.0715. The largest absolute Gasteiger partial charge is 0.392 e. The monoisotopic (exact) mass is 343 g/mol. The van der Waals surface area contributed by atoms with Gasteiger partial charge in [0.15, 0.2) is 0 Å². The van der Waals surface area contributed by atoms with E-state index in [4.69, 9.17) is 5.11 Å². The first-order valence-electron chi connectivity index (χ1n) is 7.52. The summed E-state index contributed by atoms with van der Waals surface area (Å²) >= 11 is 0. The van der Waals surface area contributed by atoms with Gasteiger partial charge in [-0.1, -0.05) is 12.1 Å². The van der Waals surface area contributed by atoms with E-state index in [0.29, 0.717) is 11.3 Å². The van der Waals surface area contributed by atoms with Gasteiger partial charge in [-0.3, -0.25) is 19.7 Å². The molecule has 0 bridgehead atoms. The highest BCUT2D eigenvalue weighted by Crippen LogP contribution is 2.12. The average molecular weight is 343 g/mol. The molecule has 25 heavy (non-hydrogen) atoms. The quantitative estimate of drug-likeness (QED) is 0.523. The third-order valence-electron chi connectivity index (χ3n) is 3.37. The van der Waals surface area contributed by atoms with Gasteiger partial charge in [0, 0.05) is 36.3 Å². The van der Waals surface area contributed by atoms with Crippen LogP contribution in [0, 0.1) is 10.1 Å². The predicted molar refractivity (Wildman–Crippen MR) is 91.0 cm³/mol. The van der Waals surface area contributed by atoms with Crippen molar-refractivity contribution in [3.63, 3.8) is 0 Å². The normalized spacial score (nSPS) is 10.1. The lowest BCUT2D eigenvalue weighted by Crippen LogP contribution is -2.27. The molecule has 0 aliphatic heterocycles. The molecule has 8 nitrogen and oxygen atoms in total. The molecule has 0 aliphatic carbocycles. The number of aliphatic hydroxyl groups is 1. The topological polar surface area (TPSA) is 122 Å². The van der Waals surface area contributed by atoms with Gasteiger partial charge in [-0.15, -0.1) is 0 Å². The lowest BCUT2D eigenvalue weighted by atomic mass is 10.2. The molecule has 2 amide bonds. The van der Waals surface area contributed by atoms with Crippen LogP contribution >= 0.6 is 0 Å². The predicted octanol–water partition coefficient (Wildman–Crippen LogP) is 1.85. The number of nitro benzene ring substituents is 1. The average Bonchev–Trinajstić information content (AvgIpc) is 2.61. The van der Waals surface area contributed by atoms with E-state index in [0.717, 1.165) is 0 Å². The number of nitro groups is 1. The number of carbonyl (C=O) groups is 2. The summed E-state index contributed by atoms with van der Waals surface area (Å²) in [6.45, 7) is 0.0103. The number of aliphatic hydroxyl groups excluding tert-OH is 1. The van der Waals surface area contributed by atoms with Crippen LogP contribution in [0.2, 0.25) is 0 Å². The smallest absolute Gasteiger partial charge is 0.269 e. The van der Waals surface area contributed by atoms with Crippen molar-refractivity contribution in [2.75, 3.05) is 11.9 Å². The van der Waals surface area contributed by atoms with E-state index in [1.165, 1.54) is 24.3 Å². The van der Waals surface area contributed by atoms with Crippen LogP contribution in [0.1, 0.15) is 22.3 Å². The second kappa shape index (κ2) is 8.55. The zero-order valence-electron chi connectivity index (χ0n) is 13.3. The minimum Gasteiger partial charge on any atom is -0.392 e. The maximum Gasteiger partial charge on any atom is 0.269 e. The number of anilines is 1. The fraction of sp³-hybridized carbons (Fsp3) is 0.176. The summed E-state index contributed by atoms with van der Waals surface area (Å²) in [5, 5.41) is 24.9. The van der Waals surface area contributed by atoms with Crippen molar-refractivity contribution in [2.24, 2.45) is 0 Å². The van der Waals surface area contributed by atoms with Gasteiger partial charge >= 0.3 is 0 Å². The third-order valence-corrected chi connectivity index (χ3v) is 3.37. The van der Waals surface area contributed by atoms with Gasteiger partial charge in [0.05, 0.1) is 11.5 Å². The molecule has 0 atom stereocenters. The van der Waals surface area contributed by atoms with Crippen LogP contribution in [0.15, 0.2) is 48.5 Å². The molecule has 3 N–H and O–H groups in total. The summed E-state index contributed by atoms with van der Waals surface area (Å²) in [6, 6.07) is 12.0. The Morgan fingerprint density at radius 3 is 2.48 bits per heavy atom. The Bertz CT molecular complexity index is 774. The Morgan fingerprint density at radius 1 is 1.12 bits per heavy atom. The molecular formula is C17H17N3O5. The van der Waals surface area contributed by atoms with Crippen LogP contribution in [-0.2, 0) is 11.4 Å². The molecule has 0 unspecified atom stereocenters. The van der Waals surface area contributed by atoms with Crippen molar-refractivity contribution < 1.29 is 19.6 Å². The number of nitrogens with one attached hydrogen (secondary N) is 2. The molecule has 0 radical (unpaired) electrons. The molecule has 0 saturated heterocycles. The number of hydrogen-bond donors (Lipinski definition) is 3. The van der Waals surface area contributed by atoms with Gasteiger partial charge < -0.3 is 15.7 Å². The van der Waals surface area contributed by atoms with Crippen LogP contribution in [0.5, 0.6) is 0 Å². The molecule has 0 spiro atoms. The number of amides is 2. The zero-order valence-corrected chi connectivity index (χ0v) is 13.3. The Morgan fingerprint density at radius 2 is 1.84 bits per heavy atom. The Hall–Kier alpha value is -3.26. The fourth-order valence-electron chi connectivity index (χ4n) is 2.10. The summed E-state index contributed by atoms with van der Waals surface area (Å²) in [6.07, 6.45) is 0.0715. The second-order valence-electron chi connectivity index (χ2n) is 5.22. The Labute approximate surface area is 143 Å². The molecule has 0 fully saturated rings. The summed E-state index contributed by atoms with van der Waals surface area (Å²) in [7, 11) is 0. The van der Waals surface area contributed by atoms with Gasteiger partial charge in [0.1, 0.15) is 0 Å². The first-order valence-corrected chi connectivity index (χ1v) is 7.52. The van der Waals surface area contributed by atoms with Crippen LogP contribution in [0.3, 0.4) is 0 Å². The fourth-order valence-corrected chi connectivity index (χ4v) is 2.10. The van der Waals surface area contributed by atoms with Gasteiger partial charge in [0.25, 0.3) is 11.6 Å². The maximum absolute atomic E-state index is 11.9. The second-order valence-corrected chi connectivity index (χ2v) is 5.22. The van der Waals surface area contributed by atoms with Crippen molar-refractivity contribution in [1.29, 1.82) is 0 Å². The molecule has 0 saturated carbocycles. The Balaban J connectivity index is 1.80. The molecule has 0 aliphatic rings. The van der Waals surface area contributed by atoms with E-state index in [9.17, 15) is 19.7 Å². The molecule has 8 heteroatoms. The van der Waals surface area contributed by atoms with E-state index in [2.05, 4.69) is 10.6 Å². The number of nitrogens with zero attached hydrogens (tertiary/aromatic N) is 1. The zero-order chi connectivity index (χ0) is 18.2. The van der Waals surface area contributed by atoms with Crippen LogP contribution in [0.4, 0.5) is 11.4 Å². The van der Waals surface area contributed by atoms with Crippen LogP contribution < -0.4 is 10.6 Å². The summed E-state index contributed by atoms with van der Waals surface area (Å²) in [5.74, 6) is -0.691. The molecule has 0 aromatic heterocycles. The van der Waals surface area contributed by atoms with Gasteiger partial charge in [-0.05, 0) is 29.8 Å². The van der Waals surface area contributed by atoms with Crippen molar-refractivity contribution in [2.45, 2.75) is 13.0 Å². The van der Waals surface area contributed by atoms with E-state index in [1.807, 2.05) is 0 Å². The SMILES string of the molecule is O=C(CCNC(=O)c1ccc([N+](=O)[O-])cc1)Nc1cccc(CO)c1. The van der Waals surface area contributed by atoms with E-state index >= 15 is 0 Å². The van der Waals surface area contributed by atoms with Crippen molar-refractivity contribution in [1.82, 2.24) is 5.32 Å². The summed E-state index contributed by atoms with van der Waals surface area (Å²) < 4.78 is 0.